The zero-order valence-electron chi connectivity index (χ0n) is 15.7. The quantitative estimate of drug-likeness (QED) is 0.805. The van der Waals surface area contributed by atoms with Crippen LogP contribution in [0.5, 0.6) is 5.75 Å². The molecule has 3 aliphatic heterocycles. The summed E-state index contributed by atoms with van der Waals surface area (Å²) in [5, 5.41) is 0. The molecule has 3 heterocycles. The number of fused-ring (bicyclic) bond motifs is 5. The van der Waals surface area contributed by atoms with Crippen molar-refractivity contribution < 1.29 is 19.1 Å². The fourth-order valence-electron chi connectivity index (χ4n) is 4.82. The Labute approximate surface area is 167 Å². The number of anilines is 2. The number of carbonyl (C=O) groups excluding carboxylic acids is 3. The third-order valence-electron chi connectivity index (χ3n) is 6.04. The van der Waals surface area contributed by atoms with Crippen LogP contribution in [0.3, 0.4) is 0 Å². The summed E-state index contributed by atoms with van der Waals surface area (Å²) < 4.78 is 5.15. The first-order chi connectivity index (χ1) is 14.0. The van der Waals surface area contributed by atoms with E-state index in [-0.39, 0.29) is 5.91 Å². The van der Waals surface area contributed by atoms with Crippen molar-refractivity contribution in [2.75, 3.05) is 16.9 Å². The fraction of sp³-hybridized carbons (Fsp3) is 0.227. The maximum absolute atomic E-state index is 13.3. The Bertz CT molecular complexity index is 1060. The molecule has 0 saturated carbocycles. The molecule has 2 N–H and O–H groups in total. The Morgan fingerprint density at radius 3 is 2.38 bits per heavy atom. The molecule has 2 aromatic rings. The molecule has 0 spiro atoms. The molecule has 0 aliphatic carbocycles. The predicted octanol–water partition coefficient (Wildman–Crippen LogP) is 1.57. The van der Waals surface area contributed by atoms with Crippen LogP contribution in [0.2, 0.25) is 0 Å². The standard InChI is InChI=1S/C22H19N3O4/c1-29-14-9-7-13(8-10-14)24-21(27)17-16-11-6-12-4-2-3-5-15(12)25(16)19(20(23)26)18(17)22(24)28/h2-11,16-19H,1H3,(H2,23,26)/t16-,17-,18-,19+/m1/s1. The minimum absolute atomic E-state index is 0.312. The summed E-state index contributed by atoms with van der Waals surface area (Å²) in [4.78, 5) is 42.2. The van der Waals surface area contributed by atoms with Crippen LogP contribution in [-0.2, 0) is 14.4 Å². The summed E-state index contributed by atoms with van der Waals surface area (Å²) in [6.45, 7) is 0. The maximum atomic E-state index is 13.3. The van der Waals surface area contributed by atoms with Crippen molar-refractivity contribution in [2.24, 2.45) is 17.6 Å². The van der Waals surface area contributed by atoms with Gasteiger partial charge in [0.05, 0.1) is 30.7 Å². The Hall–Kier alpha value is -3.61. The van der Waals surface area contributed by atoms with Gasteiger partial charge in [0.25, 0.3) is 0 Å². The molecule has 5 rings (SSSR count). The average molecular weight is 389 g/mol. The molecule has 0 bridgehead atoms. The van der Waals surface area contributed by atoms with E-state index in [0.717, 1.165) is 11.3 Å². The number of hydrogen-bond donors (Lipinski definition) is 1. The van der Waals surface area contributed by atoms with Crippen LogP contribution < -0.4 is 20.3 Å². The maximum Gasteiger partial charge on any atom is 0.241 e. The van der Waals surface area contributed by atoms with Gasteiger partial charge in [-0.05, 0) is 35.9 Å². The van der Waals surface area contributed by atoms with Gasteiger partial charge in [0, 0.05) is 5.69 Å². The molecule has 2 saturated heterocycles. The number of hydrogen-bond acceptors (Lipinski definition) is 5. The molecule has 3 aliphatic rings. The summed E-state index contributed by atoms with van der Waals surface area (Å²) >= 11 is 0. The van der Waals surface area contributed by atoms with E-state index >= 15 is 0 Å². The monoisotopic (exact) mass is 389 g/mol. The highest BCUT2D eigenvalue weighted by Crippen LogP contribution is 2.48. The number of imide groups is 1. The minimum Gasteiger partial charge on any atom is -0.497 e. The van der Waals surface area contributed by atoms with Gasteiger partial charge in [-0.25, -0.2) is 4.90 Å². The van der Waals surface area contributed by atoms with Gasteiger partial charge < -0.3 is 15.4 Å². The number of para-hydroxylation sites is 1. The summed E-state index contributed by atoms with van der Waals surface area (Å²) in [5.74, 6) is -2.16. The lowest BCUT2D eigenvalue weighted by Gasteiger charge is -2.35. The molecule has 0 radical (unpaired) electrons. The molecule has 2 fully saturated rings. The molecule has 0 unspecified atom stereocenters. The third kappa shape index (κ3) is 2.33. The van der Waals surface area contributed by atoms with Crippen LogP contribution in [0.15, 0.2) is 54.6 Å². The van der Waals surface area contributed by atoms with Crippen LogP contribution in [0.25, 0.3) is 6.08 Å². The lowest BCUT2D eigenvalue weighted by molar-refractivity contribution is -0.127. The van der Waals surface area contributed by atoms with Crippen LogP contribution in [0.1, 0.15) is 5.56 Å². The topological polar surface area (TPSA) is 92.9 Å². The van der Waals surface area contributed by atoms with Crippen LogP contribution >= 0.6 is 0 Å². The fourth-order valence-corrected chi connectivity index (χ4v) is 4.82. The second-order valence-corrected chi connectivity index (χ2v) is 7.42. The van der Waals surface area contributed by atoms with Crippen LogP contribution in [-0.4, -0.2) is 36.9 Å². The van der Waals surface area contributed by atoms with Gasteiger partial charge in [0.1, 0.15) is 11.8 Å². The summed E-state index contributed by atoms with van der Waals surface area (Å²) in [6, 6.07) is 13.0. The Kier molecular flexibility index (Phi) is 3.74. The van der Waals surface area contributed by atoms with Gasteiger partial charge in [-0.1, -0.05) is 30.4 Å². The van der Waals surface area contributed by atoms with Gasteiger partial charge in [0.15, 0.2) is 0 Å². The number of rotatable bonds is 3. The van der Waals surface area contributed by atoms with E-state index in [4.69, 9.17) is 10.5 Å². The van der Waals surface area contributed by atoms with Crippen molar-refractivity contribution in [1.29, 1.82) is 0 Å². The smallest absolute Gasteiger partial charge is 0.241 e. The van der Waals surface area contributed by atoms with Gasteiger partial charge >= 0.3 is 0 Å². The van der Waals surface area contributed by atoms with Crippen LogP contribution in [0.4, 0.5) is 11.4 Å². The molecular weight excluding hydrogens is 370 g/mol. The SMILES string of the molecule is COc1ccc(N2C(=O)[C@@H]3[C@H](C2=O)[C@H]2C=Cc4ccccc4N2[C@@H]3C(N)=O)cc1. The van der Waals surface area contributed by atoms with Crippen molar-refractivity contribution in [3.8, 4) is 5.75 Å². The number of amides is 3. The normalized spacial score (nSPS) is 26.9. The first-order valence-electron chi connectivity index (χ1n) is 9.39. The molecule has 0 aromatic heterocycles. The lowest BCUT2D eigenvalue weighted by Crippen LogP contribution is -2.50. The minimum atomic E-state index is -0.879. The number of benzene rings is 2. The van der Waals surface area contributed by atoms with Gasteiger partial charge in [-0.3, -0.25) is 14.4 Å². The van der Waals surface area contributed by atoms with E-state index in [1.54, 1.807) is 31.4 Å². The van der Waals surface area contributed by atoms with Crippen molar-refractivity contribution in [3.05, 3.63) is 60.2 Å². The molecule has 7 heteroatoms. The zero-order valence-corrected chi connectivity index (χ0v) is 15.7. The highest BCUT2D eigenvalue weighted by Gasteiger charge is 2.64. The molecule has 2 aromatic carbocycles. The van der Waals surface area contributed by atoms with Gasteiger partial charge in [-0.2, -0.15) is 0 Å². The Morgan fingerprint density at radius 2 is 1.69 bits per heavy atom. The van der Waals surface area contributed by atoms with Gasteiger partial charge in [0.2, 0.25) is 17.7 Å². The third-order valence-corrected chi connectivity index (χ3v) is 6.04. The largest absolute Gasteiger partial charge is 0.497 e. The molecule has 7 nitrogen and oxygen atoms in total. The number of nitrogens with zero attached hydrogens (tertiary/aromatic N) is 2. The Balaban J connectivity index is 1.59. The predicted molar refractivity (Wildman–Crippen MR) is 107 cm³/mol. The summed E-state index contributed by atoms with van der Waals surface area (Å²) in [6.07, 6.45) is 3.83. The number of carbonyl (C=O) groups is 3. The van der Waals surface area contributed by atoms with E-state index in [1.165, 1.54) is 4.90 Å². The van der Waals surface area contributed by atoms with E-state index in [9.17, 15) is 14.4 Å². The number of ether oxygens (including phenoxy) is 1. The Morgan fingerprint density at radius 1 is 1.00 bits per heavy atom. The molecule has 146 valence electrons. The van der Waals surface area contributed by atoms with E-state index in [0.29, 0.717) is 11.4 Å². The van der Waals surface area contributed by atoms with Crippen LogP contribution in [0, 0.1) is 11.8 Å². The first kappa shape index (κ1) is 17.5. The van der Waals surface area contributed by atoms with Crippen molar-refractivity contribution in [3.63, 3.8) is 0 Å². The van der Waals surface area contributed by atoms with E-state index in [1.807, 2.05) is 41.3 Å². The van der Waals surface area contributed by atoms with Crippen molar-refractivity contribution in [2.45, 2.75) is 12.1 Å². The van der Waals surface area contributed by atoms with Crippen molar-refractivity contribution >= 4 is 35.2 Å². The first-order valence-corrected chi connectivity index (χ1v) is 9.39. The van der Waals surface area contributed by atoms with E-state index in [2.05, 4.69) is 0 Å². The highest BCUT2D eigenvalue weighted by molar-refractivity contribution is 6.24. The molecule has 3 amide bonds. The zero-order chi connectivity index (χ0) is 20.3. The number of primary amides is 1. The second-order valence-electron chi connectivity index (χ2n) is 7.42. The molecule has 4 atom stereocenters. The molecule has 29 heavy (non-hydrogen) atoms. The van der Waals surface area contributed by atoms with E-state index < -0.39 is 35.7 Å². The average Bonchev–Trinajstić information content (AvgIpc) is 3.21. The summed E-state index contributed by atoms with van der Waals surface area (Å²) in [5.41, 5.74) is 7.95. The number of nitrogens with two attached hydrogens (primary N) is 1. The number of methoxy groups -OCH3 is 1. The summed E-state index contributed by atoms with van der Waals surface area (Å²) in [7, 11) is 1.55. The highest BCUT2D eigenvalue weighted by atomic mass is 16.5. The lowest BCUT2D eigenvalue weighted by atomic mass is 9.88. The van der Waals surface area contributed by atoms with Crippen molar-refractivity contribution in [1.82, 2.24) is 0 Å². The molecular formula is C22H19N3O4. The van der Waals surface area contributed by atoms with Gasteiger partial charge in [-0.15, -0.1) is 0 Å². The second kappa shape index (κ2) is 6.20.